The molecule has 2 rings (SSSR count). The summed E-state index contributed by atoms with van der Waals surface area (Å²) in [6, 6.07) is 5.07. The van der Waals surface area contributed by atoms with Crippen molar-refractivity contribution in [3.8, 4) is 0 Å². The van der Waals surface area contributed by atoms with Gasteiger partial charge in [-0.25, -0.2) is 9.78 Å². The Labute approximate surface area is 114 Å². The van der Waals surface area contributed by atoms with Gasteiger partial charge >= 0.3 is 5.97 Å². The highest BCUT2D eigenvalue weighted by molar-refractivity contribution is 7.98. The van der Waals surface area contributed by atoms with Gasteiger partial charge in [0.2, 0.25) is 0 Å². The number of aromatic carboxylic acids is 1. The van der Waals surface area contributed by atoms with Crippen LogP contribution < -0.4 is 5.73 Å². The maximum atomic E-state index is 11.2. The van der Waals surface area contributed by atoms with Crippen molar-refractivity contribution in [3.05, 3.63) is 40.8 Å². The van der Waals surface area contributed by atoms with Crippen LogP contribution in [0.5, 0.6) is 0 Å². The highest BCUT2D eigenvalue weighted by atomic mass is 32.2. The van der Waals surface area contributed by atoms with Gasteiger partial charge in [0.05, 0.1) is 11.3 Å². The van der Waals surface area contributed by atoms with Crippen molar-refractivity contribution >= 4 is 23.4 Å². The number of oxazole rings is 1. The van der Waals surface area contributed by atoms with Crippen LogP contribution in [-0.2, 0) is 5.75 Å². The number of rotatable bonds is 4. The van der Waals surface area contributed by atoms with E-state index in [4.69, 9.17) is 15.3 Å². The van der Waals surface area contributed by atoms with E-state index < -0.39 is 5.97 Å². The van der Waals surface area contributed by atoms with Crippen molar-refractivity contribution in [2.24, 2.45) is 0 Å². The first-order chi connectivity index (χ1) is 8.99. The van der Waals surface area contributed by atoms with Crippen molar-refractivity contribution in [2.45, 2.75) is 24.8 Å². The van der Waals surface area contributed by atoms with Gasteiger partial charge in [-0.15, -0.1) is 0 Å². The summed E-state index contributed by atoms with van der Waals surface area (Å²) in [4.78, 5) is 15.4. The van der Waals surface area contributed by atoms with Crippen molar-refractivity contribution in [1.82, 2.24) is 4.98 Å². The summed E-state index contributed by atoms with van der Waals surface area (Å²) in [6.07, 6.45) is 0. The summed E-state index contributed by atoms with van der Waals surface area (Å²) in [7, 11) is 0. The van der Waals surface area contributed by atoms with Crippen LogP contribution in [0.1, 0.15) is 27.4 Å². The average molecular weight is 278 g/mol. The van der Waals surface area contributed by atoms with Crippen LogP contribution in [0, 0.1) is 13.8 Å². The monoisotopic (exact) mass is 278 g/mol. The Kier molecular flexibility index (Phi) is 3.80. The Balaban J connectivity index is 2.20. The summed E-state index contributed by atoms with van der Waals surface area (Å²) in [6.45, 7) is 3.71. The molecule has 1 aromatic heterocycles. The second-order valence-electron chi connectivity index (χ2n) is 4.10. The zero-order valence-electron chi connectivity index (χ0n) is 10.6. The lowest BCUT2D eigenvalue weighted by Gasteiger charge is -2.07. The van der Waals surface area contributed by atoms with Crippen molar-refractivity contribution in [3.63, 3.8) is 0 Å². The summed E-state index contributed by atoms with van der Waals surface area (Å²) in [5, 5.41) is 9.70. The Bertz CT molecular complexity index is 603. The first-order valence-corrected chi connectivity index (χ1v) is 6.65. The van der Waals surface area contributed by atoms with Crippen LogP contribution in [-0.4, -0.2) is 16.1 Å². The Morgan fingerprint density at radius 2 is 2.21 bits per heavy atom. The van der Waals surface area contributed by atoms with Gasteiger partial charge in [0.15, 0.2) is 0 Å². The minimum atomic E-state index is -1.02. The molecule has 0 saturated carbocycles. The van der Waals surface area contributed by atoms with Gasteiger partial charge in [-0.2, -0.15) is 0 Å². The molecule has 0 bridgehead atoms. The molecule has 0 spiro atoms. The zero-order chi connectivity index (χ0) is 14.0. The molecule has 1 heterocycles. The van der Waals surface area contributed by atoms with Gasteiger partial charge in [-0.05, 0) is 25.5 Å². The molecule has 0 aliphatic carbocycles. The maximum Gasteiger partial charge on any atom is 0.338 e. The number of aryl methyl sites for hydroxylation is 2. The first kappa shape index (κ1) is 13.5. The van der Waals surface area contributed by atoms with Crippen molar-refractivity contribution in [1.29, 1.82) is 0 Å². The molecule has 0 radical (unpaired) electrons. The Morgan fingerprint density at radius 3 is 2.79 bits per heavy atom. The maximum absolute atomic E-state index is 11.2. The molecule has 1 aromatic carbocycles. The summed E-state index contributed by atoms with van der Waals surface area (Å²) < 4.78 is 5.44. The fourth-order valence-electron chi connectivity index (χ4n) is 1.65. The minimum absolute atomic E-state index is 0.148. The third kappa shape index (κ3) is 2.90. The lowest BCUT2D eigenvalue weighted by atomic mass is 10.1. The molecule has 0 saturated heterocycles. The molecule has 2 aromatic rings. The van der Waals surface area contributed by atoms with Crippen molar-refractivity contribution in [2.75, 3.05) is 5.73 Å². The molecule has 0 aliphatic rings. The number of nitrogens with zero attached hydrogens (tertiary/aromatic N) is 1. The number of aromatic nitrogens is 1. The smallest absolute Gasteiger partial charge is 0.338 e. The Morgan fingerprint density at radius 1 is 1.47 bits per heavy atom. The van der Waals surface area contributed by atoms with Crippen LogP contribution in [0.2, 0.25) is 0 Å². The zero-order valence-corrected chi connectivity index (χ0v) is 11.5. The summed E-state index contributed by atoms with van der Waals surface area (Å²) in [5.41, 5.74) is 7.61. The number of nitrogen functional groups attached to an aromatic ring is 1. The first-order valence-electron chi connectivity index (χ1n) is 5.66. The molecule has 100 valence electrons. The fraction of sp³-hybridized carbons (Fsp3) is 0.231. The molecule has 5 nitrogen and oxygen atoms in total. The predicted octanol–water partition coefficient (Wildman–Crippen LogP) is 2.86. The number of nitrogens with two attached hydrogens (primary N) is 1. The highest BCUT2D eigenvalue weighted by Crippen LogP contribution is 2.27. The van der Waals surface area contributed by atoms with E-state index in [0.29, 0.717) is 16.5 Å². The molecule has 0 aliphatic heterocycles. The molecular weight excluding hydrogens is 264 g/mol. The fourth-order valence-corrected chi connectivity index (χ4v) is 2.55. The summed E-state index contributed by atoms with van der Waals surface area (Å²) >= 11 is 1.35. The van der Waals surface area contributed by atoms with Crippen LogP contribution in [0.3, 0.4) is 0 Å². The molecule has 0 amide bonds. The van der Waals surface area contributed by atoms with Crippen LogP contribution in [0.15, 0.2) is 27.8 Å². The van der Waals surface area contributed by atoms with Crippen LogP contribution in [0.4, 0.5) is 5.69 Å². The minimum Gasteiger partial charge on any atom is -0.478 e. The van der Waals surface area contributed by atoms with E-state index in [0.717, 1.165) is 11.5 Å². The second kappa shape index (κ2) is 5.36. The average Bonchev–Trinajstić information content (AvgIpc) is 2.65. The van der Waals surface area contributed by atoms with E-state index in [1.54, 1.807) is 18.2 Å². The lowest BCUT2D eigenvalue weighted by molar-refractivity contribution is 0.0697. The number of benzene rings is 1. The predicted molar refractivity (Wildman–Crippen MR) is 73.4 cm³/mol. The standard InChI is InChI=1S/C13H14N2O3S/c1-7-8(2)18-13(15-7)19-6-9-4-3-5-10(14)11(9)12(16)17/h3-5H,6,14H2,1-2H3,(H,16,17). The molecule has 6 heteroatoms. The highest BCUT2D eigenvalue weighted by Gasteiger charge is 2.15. The lowest BCUT2D eigenvalue weighted by Crippen LogP contribution is -2.06. The number of carbonyl (C=O) groups is 1. The number of hydrogen-bond acceptors (Lipinski definition) is 5. The van der Waals surface area contributed by atoms with Crippen molar-refractivity contribution < 1.29 is 14.3 Å². The van der Waals surface area contributed by atoms with E-state index in [-0.39, 0.29) is 11.3 Å². The van der Waals surface area contributed by atoms with Crippen LogP contribution >= 0.6 is 11.8 Å². The topological polar surface area (TPSA) is 89.3 Å². The molecular formula is C13H14N2O3S. The number of anilines is 1. The number of carboxylic acids is 1. The van der Waals surface area contributed by atoms with E-state index in [1.807, 2.05) is 13.8 Å². The van der Waals surface area contributed by atoms with Gasteiger partial charge < -0.3 is 15.3 Å². The third-order valence-electron chi connectivity index (χ3n) is 2.76. The second-order valence-corrected chi connectivity index (χ2v) is 5.02. The van der Waals surface area contributed by atoms with Gasteiger partial charge in [0, 0.05) is 11.4 Å². The van der Waals surface area contributed by atoms with E-state index in [2.05, 4.69) is 4.98 Å². The number of hydrogen-bond donors (Lipinski definition) is 2. The Hall–Kier alpha value is -1.95. The van der Waals surface area contributed by atoms with Crippen LogP contribution in [0.25, 0.3) is 0 Å². The number of carboxylic acid groups (broad SMARTS) is 1. The van der Waals surface area contributed by atoms with E-state index in [1.165, 1.54) is 11.8 Å². The SMILES string of the molecule is Cc1nc(SCc2cccc(N)c2C(=O)O)oc1C. The quantitative estimate of drug-likeness (QED) is 0.660. The van der Waals surface area contributed by atoms with Gasteiger partial charge in [-0.3, -0.25) is 0 Å². The van der Waals surface area contributed by atoms with Gasteiger partial charge in [-0.1, -0.05) is 23.9 Å². The van der Waals surface area contributed by atoms with E-state index >= 15 is 0 Å². The normalized spacial score (nSPS) is 10.6. The number of thioether (sulfide) groups is 1. The molecule has 3 N–H and O–H groups in total. The summed E-state index contributed by atoms with van der Waals surface area (Å²) in [5.74, 6) is 0.202. The largest absolute Gasteiger partial charge is 0.478 e. The molecule has 0 fully saturated rings. The molecule has 19 heavy (non-hydrogen) atoms. The molecule has 0 atom stereocenters. The van der Waals surface area contributed by atoms with Gasteiger partial charge in [0.1, 0.15) is 5.76 Å². The van der Waals surface area contributed by atoms with E-state index in [9.17, 15) is 4.79 Å². The van der Waals surface area contributed by atoms with Gasteiger partial charge in [0.25, 0.3) is 5.22 Å². The third-order valence-corrected chi connectivity index (χ3v) is 3.63. The molecule has 0 unspecified atom stereocenters.